The van der Waals surface area contributed by atoms with Gasteiger partial charge in [0.25, 0.3) is 0 Å². The molecule has 0 aliphatic carbocycles. The van der Waals surface area contributed by atoms with Gasteiger partial charge < -0.3 is 14.6 Å². The number of likely N-dealkylation sites (tertiary alicyclic amines) is 1. The summed E-state index contributed by atoms with van der Waals surface area (Å²) in [6, 6.07) is 4.71. The molecule has 9 nitrogen and oxygen atoms in total. The Kier molecular flexibility index (Phi) is 5.15. The molecule has 25 heavy (non-hydrogen) atoms. The normalized spacial score (nSPS) is 20.2. The highest BCUT2D eigenvalue weighted by Gasteiger charge is 2.43. The lowest BCUT2D eigenvalue weighted by Gasteiger charge is -2.26. The van der Waals surface area contributed by atoms with Crippen LogP contribution in [0.2, 0.25) is 0 Å². The Morgan fingerprint density at radius 1 is 1.32 bits per heavy atom. The average Bonchev–Trinajstić information content (AvgIpc) is 2.90. The van der Waals surface area contributed by atoms with Crippen molar-refractivity contribution in [3.05, 3.63) is 34.4 Å². The second-order valence-corrected chi connectivity index (χ2v) is 6.69. The Hall–Kier alpha value is -2.84. The number of carbonyl (C=O) groups is 2. The Bertz CT molecular complexity index is 683. The zero-order valence-corrected chi connectivity index (χ0v) is 14.2. The smallest absolute Gasteiger partial charge is 0.411 e. The molecular formula is C16H20N2O7. The van der Waals surface area contributed by atoms with Crippen LogP contribution in [-0.2, 0) is 9.53 Å². The van der Waals surface area contributed by atoms with E-state index in [1.165, 1.54) is 18.2 Å². The van der Waals surface area contributed by atoms with Crippen molar-refractivity contribution in [2.24, 2.45) is 0 Å². The SMILES string of the molecule is CC(C)(C)OC(=O)N1C[C@@H](Oc2ccccc2[N+](=O)[O-])C[C@@H]1C(=O)O. The lowest BCUT2D eigenvalue weighted by atomic mass is 10.2. The van der Waals surface area contributed by atoms with E-state index < -0.39 is 34.7 Å². The summed E-state index contributed by atoms with van der Waals surface area (Å²) in [5, 5.41) is 20.4. The molecular weight excluding hydrogens is 332 g/mol. The lowest BCUT2D eigenvalue weighted by molar-refractivity contribution is -0.386. The van der Waals surface area contributed by atoms with Crippen molar-refractivity contribution in [1.82, 2.24) is 4.90 Å². The first kappa shape index (κ1) is 18.5. The molecule has 0 saturated carbocycles. The van der Waals surface area contributed by atoms with Crippen molar-refractivity contribution in [3.8, 4) is 5.75 Å². The van der Waals surface area contributed by atoms with E-state index in [-0.39, 0.29) is 24.4 Å². The molecule has 0 radical (unpaired) electrons. The van der Waals surface area contributed by atoms with E-state index in [9.17, 15) is 24.8 Å². The van der Waals surface area contributed by atoms with Gasteiger partial charge in [0.1, 0.15) is 17.7 Å². The Morgan fingerprint density at radius 3 is 2.52 bits per heavy atom. The summed E-state index contributed by atoms with van der Waals surface area (Å²) in [7, 11) is 0. The number of rotatable bonds is 4. The van der Waals surface area contributed by atoms with Crippen LogP contribution < -0.4 is 4.74 Å². The van der Waals surface area contributed by atoms with Crippen LogP contribution in [-0.4, -0.2) is 51.3 Å². The summed E-state index contributed by atoms with van der Waals surface area (Å²) in [5.74, 6) is -1.15. The van der Waals surface area contributed by atoms with Crippen LogP contribution in [0.15, 0.2) is 24.3 Å². The van der Waals surface area contributed by atoms with Crippen LogP contribution in [0.1, 0.15) is 27.2 Å². The molecule has 2 rings (SSSR count). The molecule has 0 bridgehead atoms. The van der Waals surface area contributed by atoms with Gasteiger partial charge in [0.15, 0.2) is 5.75 Å². The zero-order chi connectivity index (χ0) is 18.8. The van der Waals surface area contributed by atoms with Crippen LogP contribution >= 0.6 is 0 Å². The maximum absolute atomic E-state index is 12.2. The number of nitrogens with zero attached hydrogens (tertiary/aromatic N) is 2. The van der Waals surface area contributed by atoms with Crippen molar-refractivity contribution in [2.45, 2.75) is 44.9 Å². The first-order valence-electron chi connectivity index (χ1n) is 7.71. The van der Waals surface area contributed by atoms with E-state index in [1.54, 1.807) is 26.8 Å². The monoisotopic (exact) mass is 352 g/mol. The number of para-hydroxylation sites is 2. The molecule has 0 unspecified atom stereocenters. The van der Waals surface area contributed by atoms with Crippen molar-refractivity contribution < 1.29 is 29.1 Å². The minimum atomic E-state index is -1.18. The summed E-state index contributed by atoms with van der Waals surface area (Å²) in [4.78, 5) is 35.2. The van der Waals surface area contributed by atoms with Crippen molar-refractivity contribution >= 4 is 17.7 Å². The summed E-state index contributed by atoms with van der Waals surface area (Å²) in [5.41, 5.74) is -0.984. The van der Waals surface area contributed by atoms with Crippen LogP contribution in [0.3, 0.4) is 0 Å². The highest BCUT2D eigenvalue weighted by atomic mass is 16.6. The van der Waals surface area contributed by atoms with Crippen molar-refractivity contribution in [3.63, 3.8) is 0 Å². The third kappa shape index (κ3) is 4.59. The van der Waals surface area contributed by atoms with Gasteiger partial charge in [-0.2, -0.15) is 0 Å². The van der Waals surface area contributed by atoms with E-state index in [4.69, 9.17) is 9.47 Å². The van der Waals surface area contributed by atoms with E-state index in [0.29, 0.717) is 0 Å². The Balaban J connectivity index is 2.16. The standard InChI is InChI=1S/C16H20N2O7/c1-16(2,3)25-15(21)17-9-10(8-12(17)14(19)20)24-13-7-5-4-6-11(13)18(22)23/h4-7,10,12H,8-9H2,1-3H3,(H,19,20)/t10-,12+/m0/s1. The summed E-state index contributed by atoms with van der Waals surface area (Å²) in [6.45, 7) is 5.01. The number of hydrogen-bond acceptors (Lipinski definition) is 6. The number of carboxylic acid groups (broad SMARTS) is 1. The fraction of sp³-hybridized carbons (Fsp3) is 0.500. The maximum Gasteiger partial charge on any atom is 0.411 e. The number of aliphatic carboxylic acids is 1. The molecule has 1 fully saturated rings. The first-order valence-corrected chi connectivity index (χ1v) is 7.71. The molecule has 1 aliphatic rings. The number of carboxylic acids is 1. The predicted octanol–water partition coefficient (Wildman–Crippen LogP) is 2.44. The molecule has 1 aliphatic heterocycles. The van der Waals surface area contributed by atoms with Gasteiger partial charge in [-0.15, -0.1) is 0 Å². The van der Waals surface area contributed by atoms with Gasteiger partial charge in [0.05, 0.1) is 11.5 Å². The van der Waals surface area contributed by atoms with Crippen molar-refractivity contribution in [1.29, 1.82) is 0 Å². The quantitative estimate of drug-likeness (QED) is 0.653. The number of benzene rings is 1. The number of amides is 1. The van der Waals surface area contributed by atoms with Gasteiger partial charge in [-0.3, -0.25) is 15.0 Å². The number of ether oxygens (including phenoxy) is 2. The molecule has 0 aromatic heterocycles. The maximum atomic E-state index is 12.2. The van der Waals surface area contributed by atoms with E-state index >= 15 is 0 Å². The third-order valence-electron chi connectivity index (χ3n) is 3.53. The van der Waals surface area contributed by atoms with Crippen molar-refractivity contribution in [2.75, 3.05) is 6.54 Å². The summed E-state index contributed by atoms with van der Waals surface area (Å²) in [6.07, 6.45) is -1.43. The molecule has 1 N–H and O–H groups in total. The molecule has 1 amide bonds. The molecule has 1 heterocycles. The number of hydrogen-bond donors (Lipinski definition) is 1. The largest absolute Gasteiger partial charge is 0.482 e. The van der Waals surface area contributed by atoms with Crippen LogP contribution in [0, 0.1) is 10.1 Å². The van der Waals surface area contributed by atoms with E-state index in [0.717, 1.165) is 4.90 Å². The van der Waals surface area contributed by atoms with E-state index in [2.05, 4.69) is 0 Å². The van der Waals surface area contributed by atoms with Gasteiger partial charge in [0.2, 0.25) is 0 Å². The topological polar surface area (TPSA) is 119 Å². The second-order valence-electron chi connectivity index (χ2n) is 6.69. The third-order valence-corrected chi connectivity index (χ3v) is 3.53. The fourth-order valence-electron chi connectivity index (χ4n) is 2.53. The highest BCUT2D eigenvalue weighted by Crippen LogP contribution is 2.30. The fourth-order valence-corrected chi connectivity index (χ4v) is 2.53. The van der Waals surface area contributed by atoms with Crippen LogP contribution in [0.4, 0.5) is 10.5 Å². The lowest BCUT2D eigenvalue weighted by Crippen LogP contribution is -2.43. The highest BCUT2D eigenvalue weighted by molar-refractivity contribution is 5.81. The molecule has 136 valence electrons. The van der Waals surface area contributed by atoms with Crippen LogP contribution in [0.25, 0.3) is 0 Å². The molecule has 0 spiro atoms. The van der Waals surface area contributed by atoms with Gasteiger partial charge >= 0.3 is 17.7 Å². The van der Waals surface area contributed by atoms with Gasteiger partial charge in [-0.25, -0.2) is 9.59 Å². The molecule has 1 aromatic carbocycles. The Morgan fingerprint density at radius 2 is 1.96 bits per heavy atom. The van der Waals surface area contributed by atoms with Gasteiger partial charge in [-0.05, 0) is 26.8 Å². The minimum Gasteiger partial charge on any atom is -0.482 e. The van der Waals surface area contributed by atoms with E-state index in [1.807, 2.05) is 0 Å². The minimum absolute atomic E-state index is 0.0145. The number of nitro benzene ring substituents is 1. The molecule has 1 aromatic rings. The summed E-state index contributed by atoms with van der Waals surface area (Å²) >= 11 is 0. The molecule has 1 saturated heterocycles. The predicted molar refractivity (Wildman–Crippen MR) is 86.5 cm³/mol. The summed E-state index contributed by atoms with van der Waals surface area (Å²) < 4.78 is 10.8. The Labute approximate surface area is 144 Å². The van der Waals surface area contributed by atoms with Crippen LogP contribution in [0.5, 0.6) is 5.75 Å². The van der Waals surface area contributed by atoms with Gasteiger partial charge in [0, 0.05) is 12.5 Å². The molecule has 9 heteroatoms. The first-order chi connectivity index (χ1) is 11.6. The van der Waals surface area contributed by atoms with Gasteiger partial charge in [-0.1, -0.05) is 12.1 Å². The number of carbonyl (C=O) groups excluding carboxylic acids is 1. The zero-order valence-electron chi connectivity index (χ0n) is 14.2. The number of nitro groups is 1. The average molecular weight is 352 g/mol. The molecule has 2 atom stereocenters. The second kappa shape index (κ2) is 6.96.